The van der Waals surface area contributed by atoms with Gasteiger partial charge in [0.1, 0.15) is 11.4 Å². The van der Waals surface area contributed by atoms with Crippen molar-refractivity contribution in [2.75, 3.05) is 34.3 Å². The molecule has 31 heavy (non-hydrogen) atoms. The highest BCUT2D eigenvalue weighted by Crippen LogP contribution is 2.38. The number of hydrogen-bond acceptors (Lipinski definition) is 6. The van der Waals surface area contributed by atoms with Crippen LogP contribution >= 0.6 is 0 Å². The first kappa shape index (κ1) is 20.7. The normalized spacial score (nSPS) is 15.6. The Morgan fingerprint density at radius 2 is 1.87 bits per heavy atom. The number of ether oxygens (including phenoxy) is 1. The van der Waals surface area contributed by atoms with E-state index in [0.717, 1.165) is 6.07 Å². The van der Waals surface area contributed by atoms with Crippen LogP contribution in [0.4, 0.5) is 4.39 Å². The smallest absolute Gasteiger partial charge is 0.337 e. The van der Waals surface area contributed by atoms with Gasteiger partial charge in [-0.05, 0) is 50.0 Å². The number of carbonyl (C=O) groups is 2. The van der Waals surface area contributed by atoms with Gasteiger partial charge in [0.25, 0.3) is 5.91 Å². The van der Waals surface area contributed by atoms with E-state index in [-0.39, 0.29) is 22.3 Å². The van der Waals surface area contributed by atoms with Crippen LogP contribution in [-0.4, -0.2) is 56.0 Å². The van der Waals surface area contributed by atoms with Crippen molar-refractivity contribution in [3.05, 3.63) is 81.0 Å². The SMILES string of the molecule is COC(=O)c1ccc(C2c3c(oc4ccc(F)cc4c3=O)C(=O)N2CCN(C)C)cc1. The summed E-state index contributed by atoms with van der Waals surface area (Å²) in [4.78, 5) is 41.8. The van der Waals surface area contributed by atoms with Gasteiger partial charge < -0.3 is 19.0 Å². The lowest BCUT2D eigenvalue weighted by Gasteiger charge is -2.26. The first-order valence-corrected chi connectivity index (χ1v) is 9.72. The van der Waals surface area contributed by atoms with Crippen LogP contribution in [0.25, 0.3) is 11.0 Å². The molecule has 0 N–H and O–H groups in total. The molecule has 1 amide bonds. The maximum absolute atomic E-state index is 13.8. The molecule has 1 atom stereocenters. The second-order valence-electron chi connectivity index (χ2n) is 7.63. The summed E-state index contributed by atoms with van der Waals surface area (Å²) < 4.78 is 24.3. The van der Waals surface area contributed by atoms with Crippen LogP contribution in [0.2, 0.25) is 0 Å². The van der Waals surface area contributed by atoms with Gasteiger partial charge in [-0.1, -0.05) is 12.1 Å². The summed E-state index contributed by atoms with van der Waals surface area (Å²) in [6, 6.07) is 9.46. The van der Waals surface area contributed by atoms with E-state index in [1.54, 1.807) is 29.2 Å². The predicted molar refractivity (Wildman–Crippen MR) is 112 cm³/mol. The Bertz CT molecular complexity index is 1230. The van der Waals surface area contributed by atoms with Crippen molar-refractivity contribution in [2.24, 2.45) is 0 Å². The van der Waals surface area contributed by atoms with Gasteiger partial charge in [-0.2, -0.15) is 0 Å². The maximum atomic E-state index is 13.8. The molecule has 1 unspecified atom stereocenters. The van der Waals surface area contributed by atoms with E-state index in [0.29, 0.717) is 24.2 Å². The number of nitrogens with zero attached hydrogens (tertiary/aromatic N) is 2. The molecule has 0 fully saturated rings. The summed E-state index contributed by atoms with van der Waals surface area (Å²) in [7, 11) is 5.06. The highest BCUT2D eigenvalue weighted by molar-refractivity contribution is 5.99. The Balaban J connectivity index is 1.89. The van der Waals surface area contributed by atoms with Crippen LogP contribution in [0, 0.1) is 5.82 Å². The quantitative estimate of drug-likeness (QED) is 0.586. The minimum absolute atomic E-state index is 0.0371. The third kappa shape index (κ3) is 3.59. The van der Waals surface area contributed by atoms with Crippen LogP contribution in [0.3, 0.4) is 0 Å². The van der Waals surface area contributed by atoms with Crippen LogP contribution in [-0.2, 0) is 4.74 Å². The lowest BCUT2D eigenvalue weighted by Crippen LogP contribution is -2.35. The van der Waals surface area contributed by atoms with Crippen molar-refractivity contribution in [3.8, 4) is 0 Å². The first-order valence-electron chi connectivity index (χ1n) is 9.72. The van der Waals surface area contributed by atoms with Crippen molar-refractivity contribution >= 4 is 22.8 Å². The fourth-order valence-corrected chi connectivity index (χ4v) is 3.80. The summed E-state index contributed by atoms with van der Waals surface area (Å²) in [5.41, 5.74) is 0.878. The molecule has 8 heteroatoms. The molecule has 2 aromatic carbocycles. The zero-order valence-electron chi connectivity index (χ0n) is 17.3. The lowest BCUT2D eigenvalue weighted by molar-refractivity contribution is 0.0599. The van der Waals surface area contributed by atoms with Gasteiger partial charge in [0.05, 0.1) is 29.7 Å². The molecule has 0 spiro atoms. The zero-order chi connectivity index (χ0) is 22.3. The number of methoxy groups -OCH3 is 1. The fraction of sp³-hybridized carbons (Fsp3) is 0.261. The molecule has 0 saturated carbocycles. The minimum atomic E-state index is -0.710. The summed E-state index contributed by atoms with van der Waals surface area (Å²) in [6.45, 7) is 0.919. The van der Waals surface area contributed by atoms with Gasteiger partial charge in [0, 0.05) is 13.1 Å². The number of esters is 1. The Hall–Kier alpha value is -3.52. The number of carbonyl (C=O) groups excluding carboxylic acids is 2. The Morgan fingerprint density at radius 1 is 1.16 bits per heavy atom. The van der Waals surface area contributed by atoms with Crippen molar-refractivity contribution in [1.82, 2.24) is 9.80 Å². The minimum Gasteiger partial charge on any atom is -0.465 e. The number of hydrogen-bond donors (Lipinski definition) is 0. The van der Waals surface area contributed by atoms with Crippen LogP contribution < -0.4 is 5.43 Å². The third-order valence-corrected chi connectivity index (χ3v) is 5.36. The van der Waals surface area contributed by atoms with Gasteiger partial charge in [-0.3, -0.25) is 9.59 Å². The Morgan fingerprint density at radius 3 is 2.52 bits per heavy atom. The van der Waals surface area contributed by atoms with Crippen molar-refractivity contribution < 1.29 is 23.1 Å². The van der Waals surface area contributed by atoms with Gasteiger partial charge in [-0.15, -0.1) is 0 Å². The number of likely N-dealkylation sites (N-methyl/N-ethyl adjacent to an activating group) is 1. The standard InChI is InChI=1S/C23H21FN2O5/c1-25(2)10-11-26-19(13-4-6-14(7-5-13)23(29)30-3)18-20(27)16-12-15(24)8-9-17(16)31-21(18)22(26)28/h4-9,12,19H,10-11H2,1-3H3. The Labute approximate surface area is 177 Å². The van der Waals surface area contributed by atoms with Gasteiger partial charge in [0.15, 0.2) is 5.43 Å². The molecule has 0 aliphatic carbocycles. The van der Waals surface area contributed by atoms with E-state index >= 15 is 0 Å². The average molecular weight is 424 g/mol. The molecule has 4 rings (SSSR count). The lowest BCUT2D eigenvalue weighted by atomic mass is 9.97. The maximum Gasteiger partial charge on any atom is 0.337 e. The van der Waals surface area contributed by atoms with Gasteiger partial charge in [-0.25, -0.2) is 9.18 Å². The molecule has 160 valence electrons. The zero-order valence-corrected chi connectivity index (χ0v) is 17.3. The number of fused-ring (bicyclic) bond motifs is 2. The van der Waals surface area contributed by atoms with Crippen LogP contribution in [0.15, 0.2) is 51.7 Å². The van der Waals surface area contributed by atoms with E-state index in [4.69, 9.17) is 9.15 Å². The molecular weight excluding hydrogens is 403 g/mol. The second-order valence-corrected chi connectivity index (χ2v) is 7.63. The van der Waals surface area contributed by atoms with E-state index in [1.807, 2.05) is 19.0 Å². The molecule has 0 saturated heterocycles. The van der Waals surface area contributed by atoms with E-state index < -0.39 is 29.2 Å². The molecule has 1 aromatic heterocycles. The van der Waals surface area contributed by atoms with Crippen molar-refractivity contribution in [3.63, 3.8) is 0 Å². The molecule has 3 aromatic rings. The molecule has 1 aliphatic rings. The second kappa shape index (κ2) is 7.96. The predicted octanol–water partition coefficient (Wildman–Crippen LogP) is 2.83. The average Bonchev–Trinajstić information content (AvgIpc) is 3.04. The van der Waals surface area contributed by atoms with E-state index in [9.17, 15) is 18.8 Å². The number of rotatable bonds is 5. The third-order valence-electron chi connectivity index (χ3n) is 5.36. The topological polar surface area (TPSA) is 80.1 Å². The largest absolute Gasteiger partial charge is 0.465 e. The monoisotopic (exact) mass is 424 g/mol. The van der Waals surface area contributed by atoms with Crippen LogP contribution in [0.1, 0.15) is 38.1 Å². The van der Waals surface area contributed by atoms with Crippen LogP contribution in [0.5, 0.6) is 0 Å². The summed E-state index contributed by atoms with van der Waals surface area (Å²) in [5.74, 6) is -1.49. The molecule has 0 bridgehead atoms. The first-order chi connectivity index (χ1) is 14.8. The summed E-state index contributed by atoms with van der Waals surface area (Å²) >= 11 is 0. The highest BCUT2D eigenvalue weighted by atomic mass is 19.1. The van der Waals surface area contributed by atoms with Gasteiger partial charge in [0.2, 0.25) is 5.76 Å². The Kier molecular flexibility index (Phi) is 5.32. The summed E-state index contributed by atoms with van der Waals surface area (Å²) in [6.07, 6.45) is 0. The van der Waals surface area contributed by atoms with Gasteiger partial charge >= 0.3 is 5.97 Å². The van der Waals surface area contributed by atoms with E-state index in [2.05, 4.69) is 0 Å². The molecular formula is C23H21FN2O5. The molecule has 0 radical (unpaired) electrons. The highest BCUT2D eigenvalue weighted by Gasteiger charge is 2.42. The number of amides is 1. The molecule has 1 aliphatic heterocycles. The number of halogens is 1. The van der Waals surface area contributed by atoms with Crippen molar-refractivity contribution in [1.29, 1.82) is 0 Å². The number of benzene rings is 2. The van der Waals surface area contributed by atoms with Crippen molar-refractivity contribution in [2.45, 2.75) is 6.04 Å². The molecule has 7 nitrogen and oxygen atoms in total. The van der Waals surface area contributed by atoms with E-state index in [1.165, 1.54) is 19.2 Å². The molecule has 2 heterocycles. The summed E-state index contributed by atoms with van der Waals surface area (Å²) in [5, 5.41) is 0.0807. The fourth-order valence-electron chi connectivity index (χ4n) is 3.80.